The van der Waals surface area contributed by atoms with Gasteiger partial charge in [0.05, 0.1) is 0 Å². The van der Waals surface area contributed by atoms with Crippen LogP contribution in [0.4, 0.5) is 0 Å². The minimum Gasteiger partial charge on any atom is -0.376 e. The van der Waals surface area contributed by atoms with Crippen LogP contribution in [-0.2, 0) is 10.3 Å². The zero-order chi connectivity index (χ0) is 9.11. The third-order valence-corrected chi connectivity index (χ3v) is 0.577. The van der Waals surface area contributed by atoms with Gasteiger partial charge in [-0.2, -0.15) is 0 Å². The smallest absolute Gasteiger partial charge is 0.376 e. The van der Waals surface area contributed by atoms with E-state index >= 15 is 0 Å². The van der Waals surface area contributed by atoms with Crippen molar-refractivity contribution in [1.29, 1.82) is 0 Å². The SMILES string of the molecule is C=CCNCC=C.[CH-]=S(=O)=O.[Li+]. The summed E-state index contributed by atoms with van der Waals surface area (Å²) in [4.78, 5) is 0. The number of rotatable bonds is 4. The van der Waals surface area contributed by atoms with E-state index in [9.17, 15) is 0 Å². The summed E-state index contributed by atoms with van der Waals surface area (Å²) in [6.45, 7) is 8.81. The molecule has 1 N–H and O–H groups in total. The molecule has 0 radical (unpaired) electrons. The zero-order valence-corrected chi connectivity index (χ0v) is 8.10. The summed E-state index contributed by atoms with van der Waals surface area (Å²) in [6, 6.07) is 0. The van der Waals surface area contributed by atoms with Crippen LogP contribution in [0.15, 0.2) is 25.3 Å². The molecule has 0 aromatic rings. The van der Waals surface area contributed by atoms with Gasteiger partial charge in [-0.3, -0.25) is 0 Å². The predicted octanol–water partition coefficient (Wildman–Crippen LogP) is -2.87. The fraction of sp³-hybridized carbons (Fsp3) is 0.286. The van der Waals surface area contributed by atoms with Crippen molar-refractivity contribution in [2.75, 3.05) is 13.1 Å². The Morgan fingerprint density at radius 1 is 1.25 bits per heavy atom. The quantitative estimate of drug-likeness (QED) is 0.167. The average molecular weight is 181 g/mol. The summed E-state index contributed by atoms with van der Waals surface area (Å²) in [5.74, 6) is 4.03. The molecule has 0 saturated carbocycles. The van der Waals surface area contributed by atoms with Crippen LogP contribution in [0.3, 0.4) is 0 Å². The van der Waals surface area contributed by atoms with E-state index < -0.39 is 10.3 Å². The second-order valence-electron chi connectivity index (χ2n) is 1.50. The van der Waals surface area contributed by atoms with Crippen LogP contribution in [0.1, 0.15) is 0 Å². The summed E-state index contributed by atoms with van der Waals surface area (Å²) in [5, 5.41) is 3.05. The summed E-state index contributed by atoms with van der Waals surface area (Å²) in [5.41, 5.74) is 0. The molecule has 5 heteroatoms. The Kier molecular flexibility index (Phi) is 25.1. The molecule has 0 unspecified atom stereocenters. The van der Waals surface area contributed by atoms with E-state index in [1.807, 2.05) is 12.2 Å². The maximum Gasteiger partial charge on any atom is 1.00 e. The van der Waals surface area contributed by atoms with Gasteiger partial charge in [-0.05, 0) is 0 Å². The minimum atomic E-state index is -2.36. The summed E-state index contributed by atoms with van der Waals surface area (Å²) < 4.78 is 17.6. The van der Waals surface area contributed by atoms with E-state index in [1.54, 1.807) is 0 Å². The molecule has 0 bridgehead atoms. The van der Waals surface area contributed by atoms with Crippen molar-refractivity contribution < 1.29 is 27.3 Å². The number of hydrogen-bond donors (Lipinski definition) is 1. The van der Waals surface area contributed by atoms with Crippen molar-refractivity contribution in [3.8, 4) is 0 Å². The number of nitrogens with one attached hydrogen (secondary N) is 1. The Balaban J connectivity index is -0.000000142. The van der Waals surface area contributed by atoms with Gasteiger partial charge in [0.1, 0.15) is 0 Å². The van der Waals surface area contributed by atoms with Crippen molar-refractivity contribution in [1.82, 2.24) is 5.32 Å². The Hall–Kier alpha value is -0.273. The van der Waals surface area contributed by atoms with Gasteiger partial charge in [0, 0.05) is 23.4 Å². The monoisotopic (exact) mass is 181 g/mol. The molecule has 0 saturated heterocycles. The largest absolute Gasteiger partial charge is 1.00 e. The van der Waals surface area contributed by atoms with E-state index in [4.69, 9.17) is 8.42 Å². The molecule has 0 atom stereocenters. The third-order valence-electron chi connectivity index (χ3n) is 0.577. The molecule has 0 aliphatic carbocycles. The molecule has 12 heavy (non-hydrogen) atoms. The Morgan fingerprint density at radius 2 is 1.50 bits per heavy atom. The second-order valence-corrected chi connectivity index (χ2v) is 2.02. The maximum absolute atomic E-state index is 8.78. The molecule has 0 aromatic carbocycles. The van der Waals surface area contributed by atoms with Crippen LogP contribution in [0, 0.1) is 0 Å². The van der Waals surface area contributed by atoms with Gasteiger partial charge in [0.25, 0.3) is 0 Å². The summed E-state index contributed by atoms with van der Waals surface area (Å²) in [6.07, 6.45) is 3.65. The fourth-order valence-corrected chi connectivity index (χ4v) is 0.287. The molecular formula is C7H12LiNO2S. The molecule has 64 valence electrons. The predicted molar refractivity (Wildman–Crippen MR) is 48.2 cm³/mol. The van der Waals surface area contributed by atoms with Crippen LogP contribution in [0.2, 0.25) is 0 Å². The van der Waals surface area contributed by atoms with Gasteiger partial charge in [0.15, 0.2) is 0 Å². The van der Waals surface area contributed by atoms with E-state index in [-0.39, 0.29) is 18.9 Å². The van der Waals surface area contributed by atoms with Crippen molar-refractivity contribution in [3.05, 3.63) is 25.3 Å². The first-order valence-corrected chi connectivity index (χ1v) is 4.05. The van der Waals surface area contributed by atoms with E-state index in [0.717, 1.165) is 13.1 Å². The molecule has 0 amide bonds. The second kappa shape index (κ2) is 17.0. The van der Waals surface area contributed by atoms with E-state index in [0.29, 0.717) is 0 Å². The summed E-state index contributed by atoms with van der Waals surface area (Å²) in [7, 11) is -2.36. The van der Waals surface area contributed by atoms with Crippen molar-refractivity contribution in [2.24, 2.45) is 0 Å². The maximum atomic E-state index is 8.78. The molecule has 0 fully saturated rings. The normalized spacial score (nSPS) is 6.67. The van der Waals surface area contributed by atoms with Gasteiger partial charge < -0.3 is 11.2 Å². The van der Waals surface area contributed by atoms with Crippen molar-refractivity contribution in [3.63, 3.8) is 0 Å². The van der Waals surface area contributed by atoms with Crippen LogP contribution in [0.5, 0.6) is 0 Å². The van der Waals surface area contributed by atoms with E-state index in [1.165, 1.54) is 0 Å². The van der Waals surface area contributed by atoms with E-state index in [2.05, 4.69) is 24.3 Å². The molecule has 3 nitrogen and oxygen atoms in total. The molecule has 0 spiro atoms. The standard InChI is InChI=1S/C6H11N.CHO2S.Li/c1-3-5-7-6-4-2;1-4(2)3;/h3-4,7H,1-2,5-6H2;1H;/q;-1;+1. The first-order chi connectivity index (χ1) is 5.15. The van der Waals surface area contributed by atoms with Crippen LogP contribution in [-0.4, -0.2) is 27.4 Å². The molecule has 0 heterocycles. The Labute approximate surface area is 87.3 Å². The molecule has 0 aromatic heterocycles. The van der Waals surface area contributed by atoms with Gasteiger partial charge in [-0.1, -0.05) is 12.2 Å². The zero-order valence-electron chi connectivity index (χ0n) is 7.29. The van der Waals surface area contributed by atoms with Gasteiger partial charge in [-0.15, -0.1) is 13.2 Å². The van der Waals surface area contributed by atoms with Gasteiger partial charge in [0.2, 0.25) is 0 Å². The average Bonchev–Trinajstić information content (AvgIpc) is 1.88. The fourth-order valence-electron chi connectivity index (χ4n) is 0.287. The van der Waals surface area contributed by atoms with Crippen LogP contribution < -0.4 is 24.2 Å². The molecule has 0 rings (SSSR count). The first-order valence-electron chi connectivity index (χ1n) is 2.91. The number of hydrogen-bond acceptors (Lipinski definition) is 3. The van der Waals surface area contributed by atoms with Crippen LogP contribution in [0.25, 0.3) is 0 Å². The molecular weight excluding hydrogens is 169 g/mol. The third kappa shape index (κ3) is 53.3. The van der Waals surface area contributed by atoms with Gasteiger partial charge in [-0.25, -0.2) is 8.42 Å². The van der Waals surface area contributed by atoms with Crippen LogP contribution >= 0.6 is 0 Å². The van der Waals surface area contributed by atoms with Crippen molar-refractivity contribution in [2.45, 2.75) is 0 Å². The molecule has 0 aliphatic rings. The first kappa shape index (κ1) is 17.7. The Morgan fingerprint density at radius 3 is 1.67 bits per heavy atom. The summed E-state index contributed by atoms with van der Waals surface area (Å²) >= 11 is 0. The Bertz CT molecular complexity index is 182. The van der Waals surface area contributed by atoms with Crippen molar-refractivity contribution >= 4 is 16.2 Å². The topological polar surface area (TPSA) is 46.2 Å². The van der Waals surface area contributed by atoms with Gasteiger partial charge >= 0.3 is 18.9 Å². The molecule has 0 aliphatic heterocycles. The minimum absolute atomic E-state index is 0.